The first kappa shape index (κ1) is 15.7. The Bertz CT molecular complexity index is 469. The van der Waals surface area contributed by atoms with Crippen LogP contribution in [0.1, 0.15) is 25.3 Å². The van der Waals surface area contributed by atoms with Gasteiger partial charge >= 0.3 is 5.97 Å². The van der Waals surface area contributed by atoms with Crippen molar-refractivity contribution in [2.45, 2.75) is 38.6 Å². The molecule has 0 fully saturated rings. The number of rotatable bonds is 7. The number of cyclic esters (lactones) is 1. The molecule has 1 N–H and O–H groups in total. The van der Waals surface area contributed by atoms with Crippen LogP contribution in [0.2, 0.25) is 0 Å². The molecule has 3 atom stereocenters. The Kier molecular flexibility index (Phi) is 5.96. The summed E-state index contributed by atoms with van der Waals surface area (Å²) < 4.78 is 10.8. The predicted molar refractivity (Wildman–Crippen MR) is 79.5 cm³/mol. The van der Waals surface area contributed by atoms with E-state index in [9.17, 15) is 9.90 Å². The quantitative estimate of drug-likeness (QED) is 0.784. The molecule has 4 heteroatoms. The van der Waals surface area contributed by atoms with Crippen LogP contribution < -0.4 is 0 Å². The van der Waals surface area contributed by atoms with Gasteiger partial charge in [0, 0.05) is 24.8 Å². The van der Waals surface area contributed by atoms with E-state index in [1.54, 1.807) is 6.08 Å². The van der Waals surface area contributed by atoms with Gasteiger partial charge in [-0.15, -0.1) is 0 Å². The molecule has 1 aromatic rings. The van der Waals surface area contributed by atoms with Gasteiger partial charge in [-0.3, -0.25) is 0 Å². The predicted octanol–water partition coefficient (Wildman–Crippen LogP) is 2.46. The van der Waals surface area contributed by atoms with E-state index in [1.807, 2.05) is 37.3 Å². The normalized spacial score (nSPS) is 20.9. The lowest BCUT2D eigenvalue weighted by atomic mass is 9.98. The van der Waals surface area contributed by atoms with Crippen molar-refractivity contribution in [2.24, 2.45) is 5.92 Å². The van der Waals surface area contributed by atoms with Crippen LogP contribution in [0.15, 0.2) is 42.5 Å². The van der Waals surface area contributed by atoms with Crippen molar-refractivity contribution in [2.75, 3.05) is 6.61 Å². The van der Waals surface area contributed by atoms with Gasteiger partial charge in [-0.2, -0.15) is 0 Å². The molecule has 0 unspecified atom stereocenters. The first-order chi connectivity index (χ1) is 10.1. The highest BCUT2D eigenvalue weighted by molar-refractivity contribution is 5.82. The van der Waals surface area contributed by atoms with Crippen molar-refractivity contribution in [3.8, 4) is 0 Å². The minimum Gasteiger partial charge on any atom is -0.459 e. The summed E-state index contributed by atoms with van der Waals surface area (Å²) in [7, 11) is 0. The number of aliphatic hydroxyl groups is 1. The molecular formula is C17H22O4. The Morgan fingerprint density at radius 1 is 1.38 bits per heavy atom. The average molecular weight is 290 g/mol. The highest BCUT2D eigenvalue weighted by Crippen LogP contribution is 2.18. The molecule has 0 radical (unpaired) electrons. The van der Waals surface area contributed by atoms with E-state index >= 15 is 0 Å². The summed E-state index contributed by atoms with van der Waals surface area (Å²) in [4.78, 5) is 11.1. The van der Waals surface area contributed by atoms with Crippen LogP contribution in [-0.2, 0) is 20.9 Å². The second-order valence-corrected chi connectivity index (χ2v) is 5.48. The number of carbonyl (C=O) groups excluding carboxylic acids is 1. The second kappa shape index (κ2) is 7.96. The number of hydrogen-bond acceptors (Lipinski definition) is 4. The Balaban J connectivity index is 1.69. The molecule has 0 aromatic heterocycles. The third-order valence-corrected chi connectivity index (χ3v) is 3.59. The molecule has 2 rings (SSSR count). The molecule has 0 saturated carbocycles. The van der Waals surface area contributed by atoms with E-state index < -0.39 is 6.10 Å². The molecule has 114 valence electrons. The van der Waals surface area contributed by atoms with Gasteiger partial charge in [-0.1, -0.05) is 43.3 Å². The summed E-state index contributed by atoms with van der Waals surface area (Å²) in [6.07, 6.45) is 3.57. The van der Waals surface area contributed by atoms with Crippen LogP contribution in [0.25, 0.3) is 0 Å². The lowest BCUT2D eigenvalue weighted by molar-refractivity contribution is -0.146. The Hall–Kier alpha value is -1.65. The zero-order chi connectivity index (χ0) is 15.1. The van der Waals surface area contributed by atoms with Gasteiger partial charge < -0.3 is 14.6 Å². The third kappa shape index (κ3) is 5.33. The second-order valence-electron chi connectivity index (χ2n) is 5.48. The fourth-order valence-corrected chi connectivity index (χ4v) is 2.26. The maximum Gasteiger partial charge on any atom is 0.330 e. The number of benzene rings is 1. The van der Waals surface area contributed by atoms with Crippen molar-refractivity contribution in [1.82, 2.24) is 0 Å². The van der Waals surface area contributed by atoms with Gasteiger partial charge in [0.15, 0.2) is 0 Å². The molecule has 4 nitrogen and oxygen atoms in total. The van der Waals surface area contributed by atoms with Crippen LogP contribution >= 0.6 is 0 Å². The maximum absolute atomic E-state index is 11.1. The van der Waals surface area contributed by atoms with Crippen LogP contribution in [0.4, 0.5) is 0 Å². The van der Waals surface area contributed by atoms with Gasteiger partial charge in [0.25, 0.3) is 0 Å². The Morgan fingerprint density at radius 2 is 2.14 bits per heavy atom. The van der Waals surface area contributed by atoms with E-state index in [2.05, 4.69) is 0 Å². The van der Waals surface area contributed by atoms with Crippen LogP contribution in [-0.4, -0.2) is 29.9 Å². The van der Waals surface area contributed by atoms with E-state index in [-0.39, 0.29) is 18.0 Å². The fourth-order valence-electron chi connectivity index (χ4n) is 2.26. The fraction of sp³-hybridized carbons (Fsp3) is 0.471. The zero-order valence-corrected chi connectivity index (χ0v) is 12.3. The summed E-state index contributed by atoms with van der Waals surface area (Å²) >= 11 is 0. The SMILES string of the molecule is C[C@@H](COCc1ccccc1)[C@@H](O)C[C@@H]1CC=CC(=O)O1. The standard InChI is InChI=1S/C17H22O4/c1-13(11-20-12-14-6-3-2-4-7-14)16(18)10-15-8-5-9-17(19)21-15/h2-7,9,13,15-16,18H,8,10-12H2,1H3/t13-,15-,16-/m0/s1. The van der Waals surface area contributed by atoms with Gasteiger partial charge in [0.1, 0.15) is 6.10 Å². The molecule has 0 amide bonds. The van der Waals surface area contributed by atoms with Crippen LogP contribution in [0, 0.1) is 5.92 Å². The zero-order valence-electron chi connectivity index (χ0n) is 12.3. The number of carbonyl (C=O) groups is 1. The van der Waals surface area contributed by atoms with Crippen molar-refractivity contribution < 1.29 is 19.4 Å². The number of esters is 1. The minimum atomic E-state index is -0.537. The molecule has 1 aliphatic heterocycles. The third-order valence-electron chi connectivity index (χ3n) is 3.59. The van der Waals surface area contributed by atoms with Crippen molar-refractivity contribution in [3.05, 3.63) is 48.0 Å². The van der Waals surface area contributed by atoms with Gasteiger partial charge in [0.05, 0.1) is 19.3 Å². The molecule has 1 heterocycles. The van der Waals surface area contributed by atoms with Crippen molar-refractivity contribution >= 4 is 5.97 Å². The molecule has 1 aromatic carbocycles. The van der Waals surface area contributed by atoms with Gasteiger partial charge in [-0.25, -0.2) is 4.79 Å². The number of hydrogen-bond donors (Lipinski definition) is 1. The molecule has 1 aliphatic rings. The highest BCUT2D eigenvalue weighted by atomic mass is 16.5. The number of aliphatic hydroxyl groups excluding tert-OH is 1. The highest BCUT2D eigenvalue weighted by Gasteiger charge is 2.23. The molecule has 0 saturated heterocycles. The van der Waals surface area contributed by atoms with Crippen LogP contribution in [0.5, 0.6) is 0 Å². The molecule has 0 bridgehead atoms. The van der Waals surface area contributed by atoms with Gasteiger partial charge in [-0.05, 0) is 5.56 Å². The first-order valence-corrected chi connectivity index (χ1v) is 7.32. The lowest BCUT2D eigenvalue weighted by Crippen LogP contribution is -2.30. The van der Waals surface area contributed by atoms with Crippen LogP contribution in [0.3, 0.4) is 0 Å². The van der Waals surface area contributed by atoms with Crippen molar-refractivity contribution in [3.63, 3.8) is 0 Å². The summed E-state index contributed by atoms with van der Waals surface area (Å²) in [5.41, 5.74) is 1.12. The lowest BCUT2D eigenvalue weighted by Gasteiger charge is -2.25. The van der Waals surface area contributed by atoms with E-state index in [0.29, 0.717) is 26.1 Å². The number of ether oxygens (including phenoxy) is 2. The molecule has 21 heavy (non-hydrogen) atoms. The Labute approximate surface area is 125 Å². The average Bonchev–Trinajstić information content (AvgIpc) is 2.48. The summed E-state index contributed by atoms with van der Waals surface area (Å²) in [5, 5.41) is 10.2. The topological polar surface area (TPSA) is 55.8 Å². The molecular weight excluding hydrogens is 268 g/mol. The van der Waals surface area contributed by atoms with Crippen molar-refractivity contribution in [1.29, 1.82) is 0 Å². The van der Waals surface area contributed by atoms with Gasteiger partial charge in [0.2, 0.25) is 0 Å². The smallest absolute Gasteiger partial charge is 0.330 e. The minimum absolute atomic E-state index is 0.00156. The van der Waals surface area contributed by atoms with E-state index in [4.69, 9.17) is 9.47 Å². The molecule has 0 aliphatic carbocycles. The Morgan fingerprint density at radius 3 is 2.86 bits per heavy atom. The summed E-state index contributed by atoms with van der Waals surface area (Å²) in [6.45, 7) is 2.96. The summed E-state index contributed by atoms with van der Waals surface area (Å²) in [6, 6.07) is 9.93. The largest absolute Gasteiger partial charge is 0.459 e. The van der Waals surface area contributed by atoms with E-state index in [0.717, 1.165) is 5.56 Å². The van der Waals surface area contributed by atoms with E-state index in [1.165, 1.54) is 6.08 Å². The molecule has 0 spiro atoms. The summed E-state index contributed by atoms with van der Waals surface area (Å²) in [5.74, 6) is -0.329. The monoisotopic (exact) mass is 290 g/mol. The first-order valence-electron chi connectivity index (χ1n) is 7.32. The maximum atomic E-state index is 11.1.